The van der Waals surface area contributed by atoms with E-state index in [9.17, 15) is 18.5 Å². The normalized spacial score (nSPS) is 16.5. The summed E-state index contributed by atoms with van der Waals surface area (Å²) < 4.78 is 34.0. The Hall–Kier alpha value is -2.15. The van der Waals surface area contributed by atoms with E-state index in [0.29, 0.717) is 43.6 Å². The van der Waals surface area contributed by atoms with Crippen LogP contribution in [0.15, 0.2) is 33.6 Å². The lowest BCUT2D eigenvalue weighted by atomic mass is 10.2. The molecule has 152 valence electrons. The maximum absolute atomic E-state index is 12.8. The van der Waals surface area contributed by atoms with E-state index in [4.69, 9.17) is 16.6 Å². The van der Waals surface area contributed by atoms with Gasteiger partial charge in [-0.1, -0.05) is 13.8 Å². The summed E-state index contributed by atoms with van der Waals surface area (Å²) in [7, 11) is -3.69. The molecule has 28 heavy (non-hydrogen) atoms. The number of nitrogens with zero attached hydrogens (tertiary/aromatic N) is 5. The number of nitro benzene ring substituents is 1. The Labute approximate surface area is 167 Å². The fraction of sp³-hybridized carbons (Fsp3) is 0.500. The van der Waals surface area contributed by atoms with Gasteiger partial charge in [-0.3, -0.25) is 15.0 Å². The molecule has 0 N–H and O–H groups in total. The molecular formula is C16H21N5O5S2. The minimum atomic E-state index is -3.69. The molecule has 2 heterocycles. The number of benzene rings is 1. The highest BCUT2D eigenvalue weighted by Gasteiger charge is 2.29. The largest absolute Gasteiger partial charge is 0.414 e. The van der Waals surface area contributed by atoms with Gasteiger partial charge in [-0.15, -0.1) is 5.10 Å². The molecule has 1 aromatic carbocycles. The lowest BCUT2D eigenvalue weighted by molar-refractivity contribution is -0.384. The van der Waals surface area contributed by atoms with Crippen molar-refractivity contribution in [3.8, 4) is 0 Å². The molecule has 10 nitrogen and oxygen atoms in total. The first-order valence-electron chi connectivity index (χ1n) is 8.73. The van der Waals surface area contributed by atoms with Gasteiger partial charge in [-0.05, 0) is 24.4 Å². The van der Waals surface area contributed by atoms with Gasteiger partial charge >= 0.3 is 0 Å². The summed E-state index contributed by atoms with van der Waals surface area (Å²) in [6.45, 7) is 6.00. The molecule has 12 heteroatoms. The van der Waals surface area contributed by atoms with Gasteiger partial charge < -0.3 is 4.42 Å². The predicted molar refractivity (Wildman–Crippen MR) is 103 cm³/mol. The summed E-state index contributed by atoms with van der Waals surface area (Å²) in [5.74, 6) is 0.705. The summed E-state index contributed by atoms with van der Waals surface area (Å²) in [5.41, 5.74) is -0.145. The molecule has 1 saturated heterocycles. The van der Waals surface area contributed by atoms with Crippen molar-refractivity contribution < 1.29 is 17.8 Å². The third-order valence-electron chi connectivity index (χ3n) is 4.47. The smallest absolute Gasteiger partial charge is 0.288 e. The number of hydrogen-bond donors (Lipinski definition) is 0. The summed E-state index contributed by atoms with van der Waals surface area (Å²) in [4.78, 5) is 12.6. The maximum Gasteiger partial charge on any atom is 0.288 e. The molecule has 1 aromatic heterocycles. The van der Waals surface area contributed by atoms with Crippen molar-refractivity contribution in [1.82, 2.24) is 19.0 Å². The average Bonchev–Trinajstić information content (AvgIpc) is 3.03. The highest BCUT2D eigenvalue weighted by Crippen LogP contribution is 2.21. The molecule has 2 aromatic rings. The summed E-state index contributed by atoms with van der Waals surface area (Å²) in [6, 6.07) is 4.92. The molecule has 0 aliphatic carbocycles. The van der Waals surface area contributed by atoms with E-state index in [1.165, 1.54) is 28.6 Å². The molecule has 1 fully saturated rings. The van der Waals surface area contributed by atoms with Crippen LogP contribution < -0.4 is 0 Å². The Morgan fingerprint density at radius 3 is 2.32 bits per heavy atom. The van der Waals surface area contributed by atoms with Crippen LogP contribution in [-0.2, 0) is 16.7 Å². The van der Waals surface area contributed by atoms with Crippen LogP contribution in [0.3, 0.4) is 0 Å². The number of sulfonamides is 1. The first-order chi connectivity index (χ1) is 13.2. The zero-order valence-corrected chi connectivity index (χ0v) is 17.1. The van der Waals surface area contributed by atoms with Gasteiger partial charge in [0.25, 0.3) is 10.5 Å². The van der Waals surface area contributed by atoms with Crippen LogP contribution in [0, 0.1) is 15.0 Å². The molecule has 0 amide bonds. The van der Waals surface area contributed by atoms with Gasteiger partial charge in [0.05, 0.1) is 16.5 Å². The van der Waals surface area contributed by atoms with E-state index < -0.39 is 14.9 Å². The van der Waals surface area contributed by atoms with Gasteiger partial charge in [0, 0.05) is 44.2 Å². The highest BCUT2D eigenvalue weighted by atomic mass is 32.2. The van der Waals surface area contributed by atoms with E-state index in [1.807, 2.05) is 18.7 Å². The Morgan fingerprint density at radius 1 is 1.21 bits per heavy atom. The van der Waals surface area contributed by atoms with Crippen LogP contribution in [0.5, 0.6) is 0 Å². The third-order valence-corrected chi connectivity index (χ3v) is 6.67. The van der Waals surface area contributed by atoms with Crippen LogP contribution >= 0.6 is 12.2 Å². The second-order valence-electron chi connectivity index (χ2n) is 6.77. The molecule has 0 unspecified atom stereocenters. The van der Waals surface area contributed by atoms with Crippen LogP contribution in [0.25, 0.3) is 0 Å². The molecule has 1 aliphatic heterocycles. The van der Waals surface area contributed by atoms with E-state index in [2.05, 4.69) is 5.10 Å². The quantitative estimate of drug-likeness (QED) is 0.391. The van der Waals surface area contributed by atoms with Gasteiger partial charge in [0.15, 0.2) is 0 Å². The van der Waals surface area contributed by atoms with Gasteiger partial charge in [-0.2, -0.15) is 4.31 Å². The number of piperazine rings is 1. The van der Waals surface area contributed by atoms with Crippen molar-refractivity contribution in [2.24, 2.45) is 0 Å². The number of nitro groups is 1. The monoisotopic (exact) mass is 427 g/mol. The number of aromatic nitrogens is 2. The van der Waals surface area contributed by atoms with Crippen molar-refractivity contribution in [3.63, 3.8) is 0 Å². The minimum Gasteiger partial charge on any atom is -0.414 e. The highest BCUT2D eigenvalue weighted by molar-refractivity contribution is 7.89. The van der Waals surface area contributed by atoms with Crippen molar-refractivity contribution in [2.75, 3.05) is 26.2 Å². The Morgan fingerprint density at radius 2 is 1.82 bits per heavy atom. The van der Waals surface area contributed by atoms with Crippen LogP contribution in [0.2, 0.25) is 0 Å². The van der Waals surface area contributed by atoms with Gasteiger partial charge in [0.2, 0.25) is 15.9 Å². The fourth-order valence-electron chi connectivity index (χ4n) is 2.83. The lowest BCUT2D eigenvalue weighted by Gasteiger charge is -2.33. The summed E-state index contributed by atoms with van der Waals surface area (Å²) in [5, 5.41) is 15.1. The molecule has 0 bridgehead atoms. The van der Waals surface area contributed by atoms with Gasteiger partial charge in [0.1, 0.15) is 0 Å². The molecule has 0 spiro atoms. The van der Waals surface area contributed by atoms with E-state index in [0.717, 1.165) is 0 Å². The number of hydrogen-bond acceptors (Lipinski definition) is 8. The maximum atomic E-state index is 12.8. The first-order valence-corrected chi connectivity index (χ1v) is 10.6. The fourth-order valence-corrected chi connectivity index (χ4v) is 4.44. The molecule has 0 radical (unpaired) electrons. The predicted octanol–water partition coefficient (Wildman–Crippen LogP) is 2.20. The topological polar surface area (TPSA) is 115 Å². The van der Waals surface area contributed by atoms with Crippen LogP contribution in [-0.4, -0.2) is 58.5 Å². The minimum absolute atomic E-state index is 0.0480. The van der Waals surface area contributed by atoms with Crippen LogP contribution in [0.1, 0.15) is 25.7 Å². The Balaban J connectivity index is 1.64. The standard InChI is InChI=1S/C16H21N5O5S2/c1-12(2)15-17-20(16(27)26-15)11-18-7-9-19(10-8-18)28(24,25)14-5-3-13(4-6-14)21(22)23/h3-6,12H,7-11H2,1-2H3. The molecule has 0 atom stereocenters. The van der Waals surface area contributed by atoms with E-state index >= 15 is 0 Å². The lowest BCUT2D eigenvalue weighted by Crippen LogP contribution is -2.48. The Bertz CT molecular complexity index is 1000. The van der Waals surface area contributed by atoms with E-state index in [-0.39, 0.29) is 16.5 Å². The molecule has 3 rings (SSSR count). The zero-order valence-electron chi connectivity index (χ0n) is 15.5. The van der Waals surface area contributed by atoms with Crippen molar-refractivity contribution in [1.29, 1.82) is 0 Å². The average molecular weight is 428 g/mol. The van der Waals surface area contributed by atoms with Gasteiger partial charge in [-0.25, -0.2) is 13.1 Å². The Kier molecular flexibility index (Phi) is 5.93. The van der Waals surface area contributed by atoms with Crippen LogP contribution in [0.4, 0.5) is 5.69 Å². The van der Waals surface area contributed by atoms with Crippen molar-refractivity contribution in [3.05, 3.63) is 45.1 Å². The SMILES string of the molecule is CC(C)c1nn(CN2CCN(S(=O)(=O)c3ccc([N+](=O)[O-])cc3)CC2)c(=S)o1. The molecule has 1 aliphatic rings. The van der Waals surface area contributed by atoms with Crippen molar-refractivity contribution in [2.45, 2.75) is 31.3 Å². The first kappa shape index (κ1) is 20.6. The van der Waals surface area contributed by atoms with E-state index in [1.54, 1.807) is 4.68 Å². The summed E-state index contributed by atoms with van der Waals surface area (Å²) >= 11 is 5.19. The second kappa shape index (κ2) is 8.07. The second-order valence-corrected chi connectivity index (χ2v) is 9.06. The molecular weight excluding hydrogens is 406 g/mol. The number of non-ortho nitro benzene ring substituents is 1. The zero-order chi connectivity index (χ0) is 20.5. The summed E-state index contributed by atoms with van der Waals surface area (Å²) in [6.07, 6.45) is 0. The van der Waals surface area contributed by atoms with Crippen molar-refractivity contribution >= 4 is 27.9 Å². The third kappa shape index (κ3) is 4.29. The number of rotatable bonds is 6. The molecule has 0 saturated carbocycles.